The maximum atomic E-state index is 13.4. The Morgan fingerprint density at radius 3 is 2.18 bits per heavy atom. The Kier molecular flexibility index (Phi) is 7.49. The van der Waals surface area contributed by atoms with Gasteiger partial charge in [0.2, 0.25) is 11.8 Å². The molecule has 2 fully saturated rings. The molecular formula is C28H32N6O5. The van der Waals surface area contributed by atoms with Crippen LogP contribution in [-0.4, -0.2) is 66.1 Å². The molecule has 0 bridgehead atoms. The highest BCUT2D eigenvalue weighted by molar-refractivity contribution is 6.01. The number of methoxy groups -OCH3 is 1. The van der Waals surface area contributed by atoms with E-state index in [0.29, 0.717) is 31.6 Å². The average molecular weight is 533 g/mol. The van der Waals surface area contributed by atoms with Gasteiger partial charge in [-0.3, -0.25) is 19.7 Å². The lowest BCUT2D eigenvalue weighted by molar-refractivity contribution is -0.129. The molecular weight excluding hydrogens is 500 g/mol. The number of benzene rings is 2. The highest BCUT2D eigenvalue weighted by atomic mass is 16.5. The fraction of sp³-hybridized carbons (Fsp3) is 0.393. The second kappa shape index (κ2) is 11.1. The molecule has 204 valence electrons. The molecule has 1 aliphatic carbocycles. The van der Waals surface area contributed by atoms with Crippen LogP contribution in [0.4, 0.5) is 17.4 Å². The number of carbonyl (C=O) groups excluding carboxylic acids is 3. The van der Waals surface area contributed by atoms with Gasteiger partial charge in [-0.25, -0.2) is 0 Å². The lowest BCUT2D eigenvalue weighted by atomic mass is 9.78. The van der Waals surface area contributed by atoms with Gasteiger partial charge in [-0.05, 0) is 54.8 Å². The number of hydrogen-bond donors (Lipinski definition) is 2. The number of piperazine rings is 1. The first-order valence-electron chi connectivity index (χ1n) is 13.1. The zero-order chi connectivity index (χ0) is 27.4. The Bertz CT molecular complexity index is 1320. The van der Waals surface area contributed by atoms with Crippen molar-refractivity contribution < 1.29 is 23.5 Å². The molecule has 3 amide bonds. The van der Waals surface area contributed by atoms with Gasteiger partial charge in [0, 0.05) is 44.5 Å². The summed E-state index contributed by atoms with van der Waals surface area (Å²) in [5, 5.41) is 13.2. The van der Waals surface area contributed by atoms with Crippen molar-refractivity contribution in [2.75, 3.05) is 48.8 Å². The van der Waals surface area contributed by atoms with Crippen molar-refractivity contribution in [2.45, 2.75) is 38.0 Å². The SMILES string of the molecule is COc1ccc(C2(C(=O)Nc3nnc(C(=O)Nc4ccc(N5CCN(C(C)=O)CC5)cc4)o3)CCCC2)cc1. The Balaban J connectivity index is 1.20. The fourth-order valence-corrected chi connectivity index (χ4v) is 5.34. The Morgan fingerprint density at radius 1 is 0.897 bits per heavy atom. The number of hydrogen-bond acceptors (Lipinski definition) is 8. The van der Waals surface area contributed by atoms with Crippen LogP contribution in [0.3, 0.4) is 0 Å². The first kappa shape index (κ1) is 26.2. The van der Waals surface area contributed by atoms with Crippen LogP contribution in [0.25, 0.3) is 0 Å². The van der Waals surface area contributed by atoms with Gasteiger partial charge < -0.3 is 24.3 Å². The summed E-state index contributed by atoms with van der Waals surface area (Å²) < 4.78 is 10.7. The number of rotatable bonds is 7. The second-order valence-electron chi connectivity index (χ2n) is 9.88. The third kappa shape index (κ3) is 5.57. The maximum absolute atomic E-state index is 13.4. The molecule has 39 heavy (non-hydrogen) atoms. The van der Waals surface area contributed by atoms with E-state index in [0.717, 1.165) is 42.9 Å². The second-order valence-corrected chi connectivity index (χ2v) is 9.88. The molecule has 2 aromatic carbocycles. The van der Waals surface area contributed by atoms with E-state index in [-0.39, 0.29) is 23.7 Å². The van der Waals surface area contributed by atoms with Crippen LogP contribution < -0.4 is 20.3 Å². The first-order valence-corrected chi connectivity index (χ1v) is 13.1. The van der Waals surface area contributed by atoms with Crippen LogP contribution in [0.2, 0.25) is 0 Å². The van der Waals surface area contributed by atoms with Crippen molar-refractivity contribution >= 4 is 35.1 Å². The third-order valence-corrected chi connectivity index (χ3v) is 7.59. The monoisotopic (exact) mass is 532 g/mol. The summed E-state index contributed by atoms with van der Waals surface area (Å²) in [5.41, 5.74) is 1.78. The van der Waals surface area contributed by atoms with Crippen molar-refractivity contribution in [1.82, 2.24) is 15.1 Å². The minimum absolute atomic E-state index is 0.0896. The zero-order valence-corrected chi connectivity index (χ0v) is 22.1. The van der Waals surface area contributed by atoms with Crippen LogP contribution in [0.5, 0.6) is 5.75 Å². The molecule has 1 aliphatic heterocycles. The quantitative estimate of drug-likeness (QED) is 0.473. The zero-order valence-electron chi connectivity index (χ0n) is 22.1. The molecule has 1 saturated heterocycles. The lowest BCUT2D eigenvalue weighted by Crippen LogP contribution is -2.48. The van der Waals surface area contributed by atoms with E-state index in [1.807, 2.05) is 41.3 Å². The Morgan fingerprint density at radius 2 is 1.56 bits per heavy atom. The molecule has 2 aliphatic rings. The van der Waals surface area contributed by atoms with Gasteiger partial charge in [0.05, 0.1) is 12.5 Å². The van der Waals surface area contributed by atoms with E-state index in [4.69, 9.17) is 9.15 Å². The van der Waals surface area contributed by atoms with Gasteiger partial charge in [0.25, 0.3) is 0 Å². The average Bonchev–Trinajstić information content (AvgIpc) is 3.65. The van der Waals surface area contributed by atoms with E-state index in [9.17, 15) is 14.4 Å². The standard InChI is InChI=1S/C28H32N6O5/c1-19(35)33-15-17-34(18-16-33)22-9-7-21(8-10-22)29-24(36)25-31-32-27(39-25)30-26(37)28(13-3-4-14-28)20-5-11-23(38-2)12-6-20/h5-12H,3-4,13-18H2,1-2H3,(H,29,36)(H,30,32,37). The van der Waals surface area contributed by atoms with E-state index in [1.54, 1.807) is 26.2 Å². The molecule has 0 spiro atoms. The smallest absolute Gasteiger partial charge is 0.322 e. The summed E-state index contributed by atoms with van der Waals surface area (Å²) in [5.74, 6) is -0.245. The van der Waals surface area contributed by atoms with Gasteiger partial charge >= 0.3 is 17.8 Å². The highest BCUT2D eigenvalue weighted by Gasteiger charge is 2.43. The van der Waals surface area contributed by atoms with Gasteiger partial charge in [-0.15, -0.1) is 5.10 Å². The van der Waals surface area contributed by atoms with E-state index in [2.05, 4.69) is 25.7 Å². The van der Waals surface area contributed by atoms with Crippen molar-refractivity contribution in [3.05, 3.63) is 60.0 Å². The van der Waals surface area contributed by atoms with Crippen molar-refractivity contribution in [3.63, 3.8) is 0 Å². The molecule has 0 atom stereocenters. The summed E-state index contributed by atoms with van der Waals surface area (Å²) >= 11 is 0. The molecule has 5 rings (SSSR count). The van der Waals surface area contributed by atoms with Gasteiger partial charge in [0.1, 0.15) is 5.75 Å². The lowest BCUT2D eigenvalue weighted by Gasteiger charge is -2.35. The number of aromatic nitrogens is 2. The third-order valence-electron chi connectivity index (χ3n) is 7.59. The largest absolute Gasteiger partial charge is 0.497 e. The van der Waals surface area contributed by atoms with E-state index in [1.165, 1.54) is 0 Å². The van der Waals surface area contributed by atoms with E-state index >= 15 is 0 Å². The molecule has 2 heterocycles. The number of nitrogens with zero attached hydrogens (tertiary/aromatic N) is 4. The maximum Gasteiger partial charge on any atom is 0.322 e. The number of amides is 3. The van der Waals surface area contributed by atoms with Crippen LogP contribution in [-0.2, 0) is 15.0 Å². The van der Waals surface area contributed by atoms with Crippen molar-refractivity contribution in [1.29, 1.82) is 0 Å². The molecule has 11 heteroatoms. The van der Waals surface area contributed by atoms with Crippen LogP contribution >= 0.6 is 0 Å². The molecule has 3 aromatic rings. The van der Waals surface area contributed by atoms with Crippen LogP contribution in [0, 0.1) is 0 Å². The predicted molar refractivity (Wildman–Crippen MR) is 145 cm³/mol. The Labute approximate surface area is 226 Å². The molecule has 2 N–H and O–H groups in total. The summed E-state index contributed by atoms with van der Waals surface area (Å²) in [7, 11) is 1.60. The summed E-state index contributed by atoms with van der Waals surface area (Å²) in [6, 6.07) is 14.8. The van der Waals surface area contributed by atoms with Gasteiger partial charge in [-0.1, -0.05) is 30.1 Å². The molecule has 11 nitrogen and oxygen atoms in total. The number of carbonyl (C=O) groups is 3. The van der Waals surface area contributed by atoms with Gasteiger partial charge in [-0.2, -0.15) is 0 Å². The van der Waals surface area contributed by atoms with E-state index < -0.39 is 11.3 Å². The molecule has 1 aromatic heterocycles. The topological polar surface area (TPSA) is 130 Å². The van der Waals surface area contributed by atoms with Crippen LogP contribution in [0.15, 0.2) is 52.9 Å². The summed E-state index contributed by atoms with van der Waals surface area (Å²) in [4.78, 5) is 41.7. The van der Waals surface area contributed by atoms with Crippen molar-refractivity contribution in [2.24, 2.45) is 0 Å². The molecule has 1 saturated carbocycles. The predicted octanol–water partition coefficient (Wildman–Crippen LogP) is 3.45. The summed E-state index contributed by atoms with van der Waals surface area (Å²) in [6.45, 7) is 4.46. The fourth-order valence-electron chi connectivity index (χ4n) is 5.34. The van der Waals surface area contributed by atoms with Crippen molar-refractivity contribution in [3.8, 4) is 5.75 Å². The number of anilines is 3. The minimum atomic E-state index is -0.705. The number of nitrogens with one attached hydrogen (secondary N) is 2. The molecule has 0 unspecified atom stereocenters. The molecule has 0 radical (unpaired) electrons. The van der Waals surface area contributed by atoms with Gasteiger partial charge in [0.15, 0.2) is 0 Å². The summed E-state index contributed by atoms with van der Waals surface area (Å²) in [6.07, 6.45) is 3.28. The minimum Gasteiger partial charge on any atom is -0.497 e. The normalized spacial score (nSPS) is 16.6. The highest BCUT2D eigenvalue weighted by Crippen LogP contribution is 2.42. The Hall–Kier alpha value is -4.41. The number of ether oxygens (including phenoxy) is 1. The van der Waals surface area contributed by atoms with Crippen LogP contribution in [0.1, 0.15) is 48.9 Å². The first-order chi connectivity index (χ1) is 18.9.